The lowest BCUT2D eigenvalue weighted by Gasteiger charge is -2.18. The number of rotatable bonds is 0. The van der Waals surface area contributed by atoms with Crippen molar-refractivity contribution in [2.45, 2.75) is 26.3 Å². The van der Waals surface area contributed by atoms with Crippen molar-refractivity contribution >= 4 is 6.03 Å². The molecule has 0 unspecified atom stereocenters. The van der Waals surface area contributed by atoms with Crippen LogP contribution in [0.15, 0.2) is 0 Å². The average molecular weight is 129 g/mol. The normalized spacial score (nSPS) is 10.7. The SMILES string of the molecule is C[N]C(=O)NC(C)(C)C. The molecular formula is C6H13N2O. The van der Waals surface area contributed by atoms with Crippen molar-refractivity contribution < 1.29 is 4.79 Å². The van der Waals surface area contributed by atoms with Crippen LogP contribution in [0.2, 0.25) is 0 Å². The quantitative estimate of drug-likeness (QED) is 0.514. The Bertz CT molecular complexity index is 104. The van der Waals surface area contributed by atoms with E-state index in [2.05, 4.69) is 10.6 Å². The summed E-state index contributed by atoms with van der Waals surface area (Å²) in [6, 6.07) is -0.262. The molecule has 0 aromatic heterocycles. The van der Waals surface area contributed by atoms with Crippen molar-refractivity contribution in [1.82, 2.24) is 10.6 Å². The highest BCUT2D eigenvalue weighted by Crippen LogP contribution is 1.96. The van der Waals surface area contributed by atoms with Crippen molar-refractivity contribution in [2.24, 2.45) is 0 Å². The Hall–Kier alpha value is -0.730. The van der Waals surface area contributed by atoms with Gasteiger partial charge in [0.2, 0.25) is 0 Å². The number of hydrogen-bond donors (Lipinski definition) is 1. The summed E-state index contributed by atoms with van der Waals surface area (Å²) in [5, 5.41) is 6.09. The standard InChI is InChI=1S/C6H13N2O/c1-6(2,3)8-5(9)7-4/h1-4H3,(H,8,9). The van der Waals surface area contributed by atoms with E-state index >= 15 is 0 Å². The molecule has 1 N–H and O–H groups in total. The van der Waals surface area contributed by atoms with Gasteiger partial charge in [-0.3, -0.25) is 0 Å². The number of hydrogen-bond acceptors (Lipinski definition) is 1. The lowest BCUT2D eigenvalue weighted by atomic mass is 10.1. The molecule has 0 spiro atoms. The van der Waals surface area contributed by atoms with Gasteiger partial charge in [0.15, 0.2) is 0 Å². The fourth-order valence-corrected chi connectivity index (χ4v) is 0.377. The van der Waals surface area contributed by atoms with Crippen LogP contribution in [0.3, 0.4) is 0 Å². The van der Waals surface area contributed by atoms with Crippen LogP contribution in [0.25, 0.3) is 0 Å². The van der Waals surface area contributed by atoms with Crippen molar-refractivity contribution in [3.8, 4) is 0 Å². The molecule has 0 atom stereocenters. The van der Waals surface area contributed by atoms with Gasteiger partial charge in [-0.25, -0.2) is 10.1 Å². The molecule has 53 valence electrons. The summed E-state index contributed by atoms with van der Waals surface area (Å²) in [5.41, 5.74) is -0.170. The van der Waals surface area contributed by atoms with Gasteiger partial charge >= 0.3 is 6.03 Å². The predicted octanol–water partition coefficient (Wildman–Crippen LogP) is 0.729. The first-order valence-electron chi connectivity index (χ1n) is 2.87. The van der Waals surface area contributed by atoms with Crippen LogP contribution < -0.4 is 10.6 Å². The highest BCUT2D eigenvalue weighted by Gasteiger charge is 2.11. The maximum absolute atomic E-state index is 10.5. The van der Waals surface area contributed by atoms with Crippen LogP contribution in [0.4, 0.5) is 4.79 Å². The van der Waals surface area contributed by atoms with Crippen molar-refractivity contribution in [1.29, 1.82) is 0 Å². The van der Waals surface area contributed by atoms with Crippen molar-refractivity contribution in [2.75, 3.05) is 7.05 Å². The number of carbonyl (C=O) groups excluding carboxylic acids is 1. The van der Waals surface area contributed by atoms with Gasteiger partial charge in [0, 0.05) is 12.6 Å². The minimum Gasteiger partial charge on any atom is -0.332 e. The Balaban J connectivity index is 3.60. The minimum absolute atomic E-state index is 0.170. The summed E-state index contributed by atoms with van der Waals surface area (Å²) in [6.07, 6.45) is 0. The topological polar surface area (TPSA) is 43.2 Å². The Labute approximate surface area is 55.8 Å². The largest absolute Gasteiger partial charge is 0.336 e. The monoisotopic (exact) mass is 129 g/mol. The predicted molar refractivity (Wildman–Crippen MR) is 36.3 cm³/mol. The van der Waals surface area contributed by atoms with Gasteiger partial charge in [0.25, 0.3) is 0 Å². The fourth-order valence-electron chi connectivity index (χ4n) is 0.377. The van der Waals surface area contributed by atoms with Gasteiger partial charge in [0.1, 0.15) is 0 Å². The van der Waals surface area contributed by atoms with Crippen LogP contribution in [0, 0.1) is 0 Å². The molecule has 0 aliphatic rings. The third-order valence-corrected chi connectivity index (χ3v) is 0.685. The van der Waals surface area contributed by atoms with Crippen LogP contribution in [0.5, 0.6) is 0 Å². The van der Waals surface area contributed by atoms with Crippen LogP contribution >= 0.6 is 0 Å². The smallest absolute Gasteiger partial charge is 0.332 e. The first-order chi connectivity index (χ1) is 3.95. The summed E-state index contributed by atoms with van der Waals surface area (Å²) in [6.45, 7) is 5.74. The Morgan fingerprint density at radius 2 is 1.89 bits per heavy atom. The molecule has 0 rings (SSSR count). The number of nitrogens with one attached hydrogen (secondary N) is 1. The maximum Gasteiger partial charge on any atom is 0.336 e. The molecule has 3 heteroatoms. The first-order valence-corrected chi connectivity index (χ1v) is 2.87. The molecule has 2 amide bonds. The van der Waals surface area contributed by atoms with E-state index in [-0.39, 0.29) is 11.6 Å². The summed E-state index contributed by atoms with van der Waals surface area (Å²) in [5.74, 6) is 0. The molecule has 0 bridgehead atoms. The van der Waals surface area contributed by atoms with E-state index in [4.69, 9.17) is 0 Å². The van der Waals surface area contributed by atoms with Gasteiger partial charge in [-0.15, -0.1) is 0 Å². The molecule has 0 aromatic carbocycles. The van der Waals surface area contributed by atoms with E-state index in [1.807, 2.05) is 20.8 Å². The summed E-state index contributed by atoms with van der Waals surface area (Å²) < 4.78 is 0. The summed E-state index contributed by atoms with van der Waals surface area (Å²) >= 11 is 0. The Morgan fingerprint density at radius 3 is 2.00 bits per heavy atom. The number of amides is 2. The summed E-state index contributed by atoms with van der Waals surface area (Å²) in [4.78, 5) is 10.5. The number of urea groups is 1. The van der Waals surface area contributed by atoms with Gasteiger partial charge in [-0.2, -0.15) is 0 Å². The molecule has 3 nitrogen and oxygen atoms in total. The van der Waals surface area contributed by atoms with Gasteiger partial charge in [-0.05, 0) is 20.8 Å². The zero-order chi connectivity index (χ0) is 7.49. The lowest BCUT2D eigenvalue weighted by Crippen LogP contribution is -2.42. The van der Waals surface area contributed by atoms with E-state index in [9.17, 15) is 4.79 Å². The molecule has 0 saturated carbocycles. The fraction of sp³-hybridized carbons (Fsp3) is 0.833. The molecule has 1 radical (unpaired) electrons. The van der Waals surface area contributed by atoms with Crippen LogP contribution in [0.1, 0.15) is 20.8 Å². The molecule has 0 aliphatic carbocycles. The minimum atomic E-state index is -0.262. The third kappa shape index (κ3) is 5.14. The van der Waals surface area contributed by atoms with E-state index in [1.165, 1.54) is 7.05 Å². The Kier molecular flexibility index (Phi) is 2.49. The molecule has 0 heterocycles. The van der Waals surface area contributed by atoms with Crippen LogP contribution in [-0.4, -0.2) is 18.6 Å². The molecule has 0 aliphatic heterocycles. The zero-order valence-corrected chi connectivity index (χ0v) is 6.36. The van der Waals surface area contributed by atoms with Gasteiger partial charge < -0.3 is 5.32 Å². The third-order valence-electron chi connectivity index (χ3n) is 0.685. The summed E-state index contributed by atoms with van der Waals surface area (Å²) in [7, 11) is 1.47. The van der Waals surface area contributed by atoms with E-state index in [0.717, 1.165) is 0 Å². The highest BCUT2D eigenvalue weighted by molar-refractivity contribution is 5.73. The maximum atomic E-state index is 10.5. The van der Waals surface area contributed by atoms with Gasteiger partial charge in [0.05, 0.1) is 0 Å². The van der Waals surface area contributed by atoms with Crippen LogP contribution in [-0.2, 0) is 0 Å². The zero-order valence-electron chi connectivity index (χ0n) is 6.36. The van der Waals surface area contributed by atoms with E-state index in [1.54, 1.807) is 0 Å². The molecule has 0 saturated heterocycles. The Morgan fingerprint density at radius 1 is 1.44 bits per heavy atom. The highest BCUT2D eigenvalue weighted by atomic mass is 16.2. The van der Waals surface area contributed by atoms with Gasteiger partial charge in [-0.1, -0.05) is 0 Å². The molecule has 0 fully saturated rings. The molecule has 0 aromatic rings. The second-order valence-corrected chi connectivity index (χ2v) is 2.90. The molecule has 9 heavy (non-hydrogen) atoms. The van der Waals surface area contributed by atoms with E-state index in [0.29, 0.717) is 0 Å². The number of nitrogens with zero attached hydrogens (tertiary/aromatic N) is 1. The van der Waals surface area contributed by atoms with Crippen molar-refractivity contribution in [3.05, 3.63) is 0 Å². The second kappa shape index (κ2) is 2.71. The average Bonchev–Trinajstić information content (AvgIpc) is 1.62. The molecular weight excluding hydrogens is 116 g/mol. The second-order valence-electron chi connectivity index (χ2n) is 2.90. The van der Waals surface area contributed by atoms with Crippen molar-refractivity contribution in [3.63, 3.8) is 0 Å². The lowest BCUT2D eigenvalue weighted by molar-refractivity contribution is 0.233. The number of carbonyl (C=O) groups is 1. The van der Waals surface area contributed by atoms with E-state index < -0.39 is 0 Å². The first kappa shape index (κ1) is 8.27.